The number of amides is 1. The first-order valence-electron chi connectivity index (χ1n) is 8.53. The Bertz CT molecular complexity index is 936. The second-order valence-corrected chi connectivity index (χ2v) is 7.36. The monoisotopic (exact) mass is 454 g/mol. The first-order valence-corrected chi connectivity index (χ1v) is 8.91. The Morgan fingerprint density at radius 3 is 1.86 bits per heavy atom. The topological polar surface area (TPSA) is 63.4 Å². The smallest absolute Gasteiger partial charge is 0.268 e. The van der Waals surface area contributed by atoms with Crippen molar-refractivity contribution in [3.8, 4) is 0 Å². The molecule has 4 nitrogen and oxygen atoms in total. The summed E-state index contributed by atoms with van der Waals surface area (Å²) in [5.74, 6) is 5.75. The SMILES string of the molecule is CC(C)(C)N(N)C(=O)c1cccc2ccccc12.Cl.Cl.O=C(Cl)c1ccccc1. The molecule has 0 unspecified atom stereocenters. The molecule has 3 aromatic carbocycles. The fraction of sp³-hybridized carbons (Fsp3) is 0.182. The molecule has 156 valence electrons. The Labute approximate surface area is 188 Å². The van der Waals surface area contributed by atoms with Crippen molar-refractivity contribution < 1.29 is 9.59 Å². The van der Waals surface area contributed by atoms with Crippen LogP contribution in [0.4, 0.5) is 0 Å². The normalized spacial score (nSPS) is 9.97. The lowest BCUT2D eigenvalue weighted by atomic mass is 10.0. The zero-order valence-corrected chi connectivity index (χ0v) is 18.9. The van der Waals surface area contributed by atoms with Gasteiger partial charge in [-0.3, -0.25) is 14.6 Å². The number of hydrazine groups is 1. The summed E-state index contributed by atoms with van der Waals surface area (Å²) in [6, 6.07) is 22.2. The number of benzene rings is 3. The first-order chi connectivity index (χ1) is 12.7. The van der Waals surface area contributed by atoms with Crippen LogP contribution < -0.4 is 5.84 Å². The molecule has 0 bridgehead atoms. The van der Waals surface area contributed by atoms with Crippen molar-refractivity contribution >= 4 is 58.3 Å². The number of carbonyl (C=O) groups excluding carboxylic acids is 2. The molecule has 0 saturated heterocycles. The van der Waals surface area contributed by atoms with Gasteiger partial charge in [-0.15, -0.1) is 24.8 Å². The number of carbonyl (C=O) groups is 2. The van der Waals surface area contributed by atoms with E-state index in [0.717, 1.165) is 10.8 Å². The number of halogens is 3. The molecule has 0 aliphatic rings. The molecule has 3 aromatic rings. The Balaban J connectivity index is 0.000000610. The number of rotatable bonds is 2. The molecule has 0 heterocycles. The number of nitrogens with two attached hydrogens (primary N) is 1. The van der Waals surface area contributed by atoms with Gasteiger partial charge in [-0.1, -0.05) is 66.7 Å². The van der Waals surface area contributed by atoms with Crippen LogP contribution in [0.25, 0.3) is 10.8 Å². The highest BCUT2D eigenvalue weighted by atomic mass is 35.5. The van der Waals surface area contributed by atoms with E-state index in [2.05, 4.69) is 0 Å². The molecule has 3 rings (SSSR count). The average molecular weight is 456 g/mol. The van der Waals surface area contributed by atoms with E-state index in [0.29, 0.717) is 11.1 Å². The summed E-state index contributed by atoms with van der Waals surface area (Å²) in [4.78, 5) is 22.8. The molecule has 0 fully saturated rings. The third-order valence-corrected chi connectivity index (χ3v) is 4.18. The summed E-state index contributed by atoms with van der Waals surface area (Å²) in [5.41, 5.74) is 0.790. The molecule has 0 aliphatic carbocycles. The largest absolute Gasteiger partial charge is 0.276 e. The van der Waals surface area contributed by atoms with Crippen molar-refractivity contribution in [3.05, 3.63) is 83.9 Å². The van der Waals surface area contributed by atoms with Gasteiger partial charge < -0.3 is 0 Å². The van der Waals surface area contributed by atoms with Gasteiger partial charge in [-0.25, -0.2) is 5.84 Å². The van der Waals surface area contributed by atoms with Crippen molar-refractivity contribution in [1.82, 2.24) is 5.01 Å². The Hall–Kier alpha value is -2.11. The average Bonchev–Trinajstić information content (AvgIpc) is 2.67. The van der Waals surface area contributed by atoms with Gasteiger partial charge in [0.2, 0.25) is 0 Å². The molecule has 0 atom stereocenters. The first kappa shape index (κ1) is 26.9. The minimum absolute atomic E-state index is 0. The van der Waals surface area contributed by atoms with E-state index in [9.17, 15) is 9.59 Å². The van der Waals surface area contributed by atoms with Crippen molar-refractivity contribution in [3.63, 3.8) is 0 Å². The van der Waals surface area contributed by atoms with E-state index in [1.54, 1.807) is 24.3 Å². The lowest BCUT2D eigenvalue weighted by Crippen LogP contribution is -2.50. The van der Waals surface area contributed by atoms with E-state index < -0.39 is 10.8 Å². The van der Waals surface area contributed by atoms with Crippen LogP contribution in [-0.2, 0) is 0 Å². The van der Waals surface area contributed by atoms with Crippen LogP contribution >= 0.6 is 36.4 Å². The van der Waals surface area contributed by atoms with Crippen LogP contribution in [0.5, 0.6) is 0 Å². The fourth-order valence-corrected chi connectivity index (χ4v) is 2.54. The standard InChI is InChI=1S/C15H18N2O.C7H5ClO.2ClH/c1-15(2,3)17(16)14(18)13-10-6-8-11-7-4-5-9-12(11)13;8-7(9)6-4-2-1-3-5-6;;/h4-10H,16H2,1-3H3;1-5H;2*1H. The van der Waals surface area contributed by atoms with Gasteiger partial charge >= 0.3 is 0 Å². The van der Waals surface area contributed by atoms with Crippen LogP contribution in [0.1, 0.15) is 41.5 Å². The van der Waals surface area contributed by atoms with E-state index in [1.165, 1.54) is 5.01 Å². The predicted molar refractivity (Wildman–Crippen MR) is 125 cm³/mol. The van der Waals surface area contributed by atoms with Gasteiger partial charge in [-0.2, -0.15) is 0 Å². The van der Waals surface area contributed by atoms with Crippen molar-refractivity contribution in [2.75, 3.05) is 0 Å². The maximum Gasteiger partial charge on any atom is 0.268 e. The van der Waals surface area contributed by atoms with Crippen molar-refractivity contribution in [1.29, 1.82) is 0 Å². The fourth-order valence-electron chi connectivity index (χ4n) is 2.42. The molecular weight excluding hydrogens is 431 g/mol. The van der Waals surface area contributed by atoms with Gasteiger partial charge in [0.05, 0.1) is 5.54 Å². The quantitative estimate of drug-likeness (QED) is 0.228. The molecular formula is C22H25Cl3N2O2. The summed E-state index contributed by atoms with van der Waals surface area (Å²) in [6.07, 6.45) is 0. The molecule has 7 heteroatoms. The summed E-state index contributed by atoms with van der Waals surface area (Å²) in [5, 5.41) is 2.86. The van der Waals surface area contributed by atoms with Crippen molar-refractivity contribution in [2.45, 2.75) is 26.3 Å². The van der Waals surface area contributed by atoms with Crippen molar-refractivity contribution in [2.24, 2.45) is 5.84 Å². The van der Waals surface area contributed by atoms with Gasteiger partial charge in [0.25, 0.3) is 11.1 Å². The van der Waals surface area contributed by atoms with Crippen LogP contribution in [0.15, 0.2) is 72.8 Å². The van der Waals surface area contributed by atoms with Crippen LogP contribution in [-0.4, -0.2) is 21.7 Å². The maximum atomic E-state index is 12.4. The third-order valence-electron chi connectivity index (χ3n) is 3.96. The molecule has 2 N–H and O–H groups in total. The van der Waals surface area contributed by atoms with Crippen LogP contribution in [0.3, 0.4) is 0 Å². The Kier molecular flexibility index (Phi) is 10.9. The molecule has 0 spiro atoms. The molecule has 0 saturated carbocycles. The number of fused-ring (bicyclic) bond motifs is 1. The maximum absolute atomic E-state index is 12.4. The van der Waals surface area contributed by atoms with Gasteiger partial charge in [0.15, 0.2) is 0 Å². The van der Waals surface area contributed by atoms with E-state index in [1.807, 2.05) is 69.3 Å². The second-order valence-electron chi connectivity index (χ2n) is 7.01. The van der Waals surface area contributed by atoms with Gasteiger partial charge in [-0.05, 0) is 49.2 Å². The Morgan fingerprint density at radius 1 is 0.828 bits per heavy atom. The number of hydrogen-bond acceptors (Lipinski definition) is 3. The lowest BCUT2D eigenvalue weighted by Gasteiger charge is -2.31. The van der Waals surface area contributed by atoms with Crippen LogP contribution in [0.2, 0.25) is 0 Å². The summed E-state index contributed by atoms with van der Waals surface area (Å²) < 4.78 is 0. The minimum atomic E-state index is -0.407. The van der Waals surface area contributed by atoms with Gasteiger partial charge in [0.1, 0.15) is 0 Å². The summed E-state index contributed by atoms with van der Waals surface area (Å²) in [7, 11) is 0. The second kappa shape index (κ2) is 11.8. The predicted octanol–water partition coefficient (Wildman–Crippen LogP) is 5.86. The number of hydrogen-bond donors (Lipinski definition) is 1. The van der Waals surface area contributed by atoms with E-state index in [-0.39, 0.29) is 30.7 Å². The highest BCUT2D eigenvalue weighted by Crippen LogP contribution is 2.21. The Morgan fingerprint density at radius 2 is 1.34 bits per heavy atom. The highest BCUT2D eigenvalue weighted by molar-refractivity contribution is 6.67. The molecule has 1 amide bonds. The molecule has 0 radical (unpaired) electrons. The zero-order chi connectivity index (χ0) is 20.0. The minimum Gasteiger partial charge on any atom is -0.276 e. The third kappa shape index (κ3) is 7.33. The number of nitrogens with zero attached hydrogens (tertiary/aromatic N) is 1. The molecule has 29 heavy (non-hydrogen) atoms. The van der Waals surface area contributed by atoms with E-state index in [4.69, 9.17) is 17.4 Å². The zero-order valence-electron chi connectivity index (χ0n) is 16.5. The molecule has 0 aromatic heterocycles. The van der Waals surface area contributed by atoms with Gasteiger partial charge in [0, 0.05) is 11.1 Å². The highest BCUT2D eigenvalue weighted by Gasteiger charge is 2.25. The summed E-state index contributed by atoms with van der Waals surface area (Å²) >= 11 is 5.16. The lowest BCUT2D eigenvalue weighted by molar-refractivity contribution is 0.0584. The van der Waals surface area contributed by atoms with Crippen LogP contribution in [0, 0.1) is 0 Å². The molecule has 0 aliphatic heterocycles. The summed E-state index contributed by atoms with van der Waals surface area (Å²) in [6.45, 7) is 5.74. The van der Waals surface area contributed by atoms with E-state index >= 15 is 0 Å².